The van der Waals surface area contributed by atoms with Crippen molar-refractivity contribution in [2.45, 2.75) is 31.7 Å². The molecule has 1 heterocycles. The molecule has 5 nitrogen and oxygen atoms in total. The summed E-state index contributed by atoms with van der Waals surface area (Å²) in [5, 5.41) is 3.74. The highest BCUT2D eigenvalue weighted by Crippen LogP contribution is 2.40. The molecule has 0 unspecified atom stereocenters. The largest absolute Gasteiger partial charge is 0.573 e. The Kier molecular flexibility index (Phi) is 4.21. The number of alkyl halides is 3. The van der Waals surface area contributed by atoms with Gasteiger partial charge in [-0.25, -0.2) is 0 Å². The fourth-order valence-corrected chi connectivity index (χ4v) is 2.33. The van der Waals surface area contributed by atoms with Gasteiger partial charge in [0.1, 0.15) is 11.5 Å². The Morgan fingerprint density at radius 1 is 1.38 bits per heavy atom. The van der Waals surface area contributed by atoms with Crippen molar-refractivity contribution < 1.29 is 27.2 Å². The third-order valence-corrected chi connectivity index (χ3v) is 3.68. The van der Waals surface area contributed by atoms with Gasteiger partial charge in [0, 0.05) is 31.1 Å². The molecular weight excluding hydrogens is 325 g/mol. The molecule has 0 atom stereocenters. The number of benzene rings is 1. The molecule has 0 N–H and O–H groups in total. The SMILES string of the molecule is CN(Cc1ccccc1OC(F)(F)F)C(=O)c1cc(C2CC2)on1. The van der Waals surface area contributed by atoms with Gasteiger partial charge in [-0.1, -0.05) is 23.4 Å². The van der Waals surface area contributed by atoms with Crippen LogP contribution in [0.25, 0.3) is 0 Å². The minimum Gasteiger partial charge on any atom is -0.405 e. The molecule has 128 valence electrons. The average Bonchev–Trinajstić information content (AvgIpc) is 3.24. The summed E-state index contributed by atoms with van der Waals surface area (Å²) in [6.07, 6.45) is -2.76. The molecule has 3 rings (SSSR count). The van der Waals surface area contributed by atoms with Gasteiger partial charge in [0.2, 0.25) is 0 Å². The number of halogens is 3. The van der Waals surface area contributed by atoms with Gasteiger partial charge in [-0.15, -0.1) is 13.2 Å². The van der Waals surface area contributed by atoms with Crippen LogP contribution in [0, 0.1) is 0 Å². The number of rotatable bonds is 5. The number of para-hydroxylation sites is 1. The monoisotopic (exact) mass is 340 g/mol. The van der Waals surface area contributed by atoms with E-state index in [0.29, 0.717) is 11.7 Å². The van der Waals surface area contributed by atoms with E-state index in [-0.39, 0.29) is 23.6 Å². The van der Waals surface area contributed by atoms with Crippen molar-refractivity contribution in [3.05, 3.63) is 47.3 Å². The summed E-state index contributed by atoms with van der Waals surface area (Å²) in [4.78, 5) is 13.6. The number of ether oxygens (including phenoxy) is 1. The maximum Gasteiger partial charge on any atom is 0.573 e. The zero-order valence-corrected chi connectivity index (χ0v) is 12.8. The van der Waals surface area contributed by atoms with Crippen LogP contribution < -0.4 is 4.74 Å². The summed E-state index contributed by atoms with van der Waals surface area (Å²) >= 11 is 0. The fourth-order valence-electron chi connectivity index (χ4n) is 2.33. The fraction of sp³-hybridized carbons (Fsp3) is 0.375. The van der Waals surface area contributed by atoms with Crippen molar-refractivity contribution in [2.24, 2.45) is 0 Å². The molecule has 2 aromatic rings. The number of hydrogen-bond acceptors (Lipinski definition) is 4. The summed E-state index contributed by atoms with van der Waals surface area (Å²) in [7, 11) is 1.48. The Morgan fingerprint density at radius 2 is 2.08 bits per heavy atom. The molecule has 1 aliphatic rings. The first-order chi connectivity index (χ1) is 11.3. The lowest BCUT2D eigenvalue weighted by atomic mass is 10.2. The Morgan fingerprint density at radius 3 is 2.75 bits per heavy atom. The average molecular weight is 340 g/mol. The maximum absolute atomic E-state index is 12.4. The van der Waals surface area contributed by atoms with Crippen LogP contribution in [0.2, 0.25) is 0 Å². The van der Waals surface area contributed by atoms with Crippen molar-refractivity contribution >= 4 is 5.91 Å². The first kappa shape index (κ1) is 16.4. The van der Waals surface area contributed by atoms with E-state index in [2.05, 4.69) is 9.89 Å². The van der Waals surface area contributed by atoms with Gasteiger partial charge in [0.15, 0.2) is 5.69 Å². The zero-order valence-electron chi connectivity index (χ0n) is 12.8. The molecule has 0 spiro atoms. The number of hydrogen-bond donors (Lipinski definition) is 0. The van der Waals surface area contributed by atoms with E-state index >= 15 is 0 Å². The van der Waals surface area contributed by atoms with Gasteiger partial charge >= 0.3 is 6.36 Å². The molecule has 1 amide bonds. The van der Waals surface area contributed by atoms with Crippen LogP contribution in [-0.4, -0.2) is 29.4 Å². The minimum atomic E-state index is -4.79. The number of nitrogens with zero attached hydrogens (tertiary/aromatic N) is 2. The highest BCUT2D eigenvalue weighted by molar-refractivity contribution is 5.92. The van der Waals surface area contributed by atoms with Gasteiger partial charge in [-0.2, -0.15) is 0 Å². The minimum absolute atomic E-state index is 0.0449. The number of aromatic nitrogens is 1. The second kappa shape index (κ2) is 6.18. The molecular formula is C16H15F3N2O3. The Hall–Kier alpha value is -2.51. The lowest BCUT2D eigenvalue weighted by Crippen LogP contribution is -2.27. The first-order valence-corrected chi connectivity index (χ1v) is 7.39. The molecule has 0 radical (unpaired) electrons. The highest BCUT2D eigenvalue weighted by Gasteiger charge is 2.32. The lowest BCUT2D eigenvalue weighted by Gasteiger charge is -2.18. The standard InChI is InChI=1S/C16H15F3N2O3/c1-21(15(22)12-8-14(24-20-12)10-6-7-10)9-11-4-2-3-5-13(11)23-16(17,18)19/h2-5,8,10H,6-7,9H2,1H3. The predicted octanol–water partition coefficient (Wildman–Crippen LogP) is 3.72. The summed E-state index contributed by atoms with van der Waals surface area (Å²) in [5.41, 5.74) is 0.394. The van der Waals surface area contributed by atoms with Gasteiger partial charge in [-0.05, 0) is 18.9 Å². The van der Waals surface area contributed by atoms with E-state index in [9.17, 15) is 18.0 Å². The molecule has 0 bridgehead atoms. The van der Waals surface area contributed by atoms with Crippen LogP contribution in [0.15, 0.2) is 34.9 Å². The van der Waals surface area contributed by atoms with Crippen LogP contribution in [0.1, 0.15) is 40.6 Å². The van der Waals surface area contributed by atoms with Crippen molar-refractivity contribution in [3.63, 3.8) is 0 Å². The second-order valence-electron chi connectivity index (χ2n) is 5.71. The summed E-state index contributed by atoms with van der Waals surface area (Å²) < 4.78 is 46.4. The van der Waals surface area contributed by atoms with Crippen LogP contribution in [0.3, 0.4) is 0 Å². The normalized spacial score (nSPS) is 14.5. The highest BCUT2D eigenvalue weighted by atomic mass is 19.4. The summed E-state index contributed by atoms with van der Waals surface area (Å²) in [5.74, 6) is 0.244. The molecule has 8 heteroatoms. The molecule has 1 fully saturated rings. The van der Waals surface area contributed by atoms with Crippen molar-refractivity contribution in [3.8, 4) is 5.75 Å². The maximum atomic E-state index is 12.4. The number of carbonyl (C=O) groups is 1. The second-order valence-corrected chi connectivity index (χ2v) is 5.71. The predicted molar refractivity (Wildman–Crippen MR) is 77.4 cm³/mol. The molecule has 1 aliphatic carbocycles. The Labute approximate surface area is 136 Å². The van der Waals surface area contributed by atoms with Gasteiger partial charge in [-0.3, -0.25) is 4.79 Å². The van der Waals surface area contributed by atoms with Crippen LogP contribution >= 0.6 is 0 Å². The van der Waals surface area contributed by atoms with E-state index in [1.807, 2.05) is 0 Å². The van der Waals surface area contributed by atoms with Gasteiger partial charge in [0.05, 0.1) is 0 Å². The number of carbonyl (C=O) groups excluding carboxylic acids is 1. The van der Waals surface area contributed by atoms with Crippen LogP contribution in [0.5, 0.6) is 5.75 Å². The third-order valence-electron chi connectivity index (χ3n) is 3.68. The van der Waals surface area contributed by atoms with E-state index in [0.717, 1.165) is 12.8 Å². The Balaban J connectivity index is 1.71. The molecule has 1 saturated carbocycles. The Bertz CT molecular complexity index is 738. The molecule has 0 saturated heterocycles. The summed E-state index contributed by atoms with van der Waals surface area (Å²) in [6.45, 7) is -0.0449. The molecule has 24 heavy (non-hydrogen) atoms. The number of amides is 1. The molecule has 1 aromatic carbocycles. The van der Waals surface area contributed by atoms with E-state index in [1.165, 1.54) is 30.1 Å². The summed E-state index contributed by atoms with van der Waals surface area (Å²) in [6, 6.07) is 7.30. The molecule has 1 aromatic heterocycles. The van der Waals surface area contributed by atoms with E-state index in [4.69, 9.17) is 4.52 Å². The van der Waals surface area contributed by atoms with Gasteiger partial charge < -0.3 is 14.2 Å². The van der Waals surface area contributed by atoms with Crippen molar-refractivity contribution in [2.75, 3.05) is 7.05 Å². The van der Waals surface area contributed by atoms with E-state index in [1.54, 1.807) is 12.1 Å². The van der Waals surface area contributed by atoms with Crippen LogP contribution in [0.4, 0.5) is 13.2 Å². The topological polar surface area (TPSA) is 55.6 Å². The van der Waals surface area contributed by atoms with Crippen molar-refractivity contribution in [1.82, 2.24) is 10.1 Å². The first-order valence-electron chi connectivity index (χ1n) is 7.39. The molecule has 0 aliphatic heterocycles. The zero-order chi connectivity index (χ0) is 17.3. The van der Waals surface area contributed by atoms with E-state index < -0.39 is 12.3 Å². The van der Waals surface area contributed by atoms with Crippen molar-refractivity contribution in [1.29, 1.82) is 0 Å². The lowest BCUT2D eigenvalue weighted by molar-refractivity contribution is -0.275. The smallest absolute Gasteiger partial charge is 0.405 e. The quantitative estimate of drug-likeness (QED) is 0.832. The van der Waals surface area contributed by atoms with Crippen LogP contribution in [-0.2, 0) is 6.54 Å². The van der Waals surface area contributed by atoms with Gasteiger partial charge in [0.25, 0.3) is 5.91 Å². The third kappa shape index (κ3) is 3.87.